The molecule has 1 aliphatic rings. The number of aromatic nitrogens is 2. The van der Waals surface area contributed by atoms with E-state index in [9.17, 15) is 0 Å². The fourth-order valence-corrected chi connectivity index (χ4v) is 2.52. The van der Waals surface area contributed by atoms with Crippen molar-refractivity contribution in [2.75, 3.05) is 23.9 Å². The van der Waals surface area contributed by atoms with Crippen LogP contribution in [0, 0.1) is 0 Å². The molecular weight excluding hydrogens is 310 g/mol. The molecule has 7 heteroatoms. The predicted molar refractivity (Wildman–Crippen MR) is 78.9 cm³/mol. The topological polar surface area (TPSA) is 85.1 Å². The summed E-state index contributed by atoms with van der Waals surface area (Å²) in [5.74, 6) is 6.38. The van der Waals surface area contributed by atoms with Crippen molar-refractivity contribution in [1.82, 2.24) is 9.97 Å². The summed E-state index contributed by atoms with van der Waals surface area (Å²) < 4.78 is 6.65. The fourth-order valence-electron chi connectivity index (χ4n) is 2.19. The number of nitrogen functional groups attached to an aromatic ring is 1. The monoisotopic (exact) mass is 329 g/mol. The number of hydrazine groups is 1. The second kappa shape index (κ2) is 7.62. The average molecular weight is 330 g/mol. The zero-order valence-corrected chi connectivity index (χ0v) is 12.4. The molecule has 1 saturated carbocycles. The van der Waals surface area contributed by atoms with Crippen LogP contribution >= 0.6 is 15.9 Å². The van der Waals surface area contributed by atoms with Crippen LogP contribution in [0.25, 0.3) is 0 Å². The van der Waals surface area contributed by atoms with Crippen molar-refractivity contribution in [3.05, 3.63) is 10.7 Å². The highest BCUT2D eigenvalue weighted by Crippen LogP contribution is 2.21. The molecule has 0 saturated heterocycles. The van der Waals surface area contributed by atoms with Crippen molar-refractivity contribution in [2.45, 2.75) is 38.2 Å². The van der Waals surface area contributed by atoms with E-state index in [1.807, 2.05) is 0 Å². The van der Waals surface area contributed by atoms with E-state index in [0.717, 1.165) is 16.8 Å². The SMILES string of the molecule is NNc1ncc(Br)c(NCCOC2CCCCC2)n1. The molecule has 1 fully saturated rings. The van der Waals surface area contributed by atoms with Gasteiger partial charge in [0.25, 0.3) is 0 Å². The van der Waals surface area contributed by atoms with Gasteiger partial charge in [0.05, 0.1) is 17.2 Å². The van der Waals surface area contributed by atoms with Gasteiger partial charge in [0, 0.05) is 12.7 Å². The quantitative estimate of drug-likeness (QED) is 0.422. The van der Waals surface area contributed by atoms with Gasteiger partial charge in [-0.2, -0.15) is 4.98 Å². The smallest absolute Gasteiger partial charge is 0.239 e. The minimum Gasteiger partial charge on any atom is -0.376 e. The summed E-state index contributed by atoms with van der Waals surface area (Å²) in [7, 11) is 0. The van der Waals surface area contributed by atoms with E-state index < -0.39 is 0 Å². The van der Waals surface area contributed by atoms with Crippen molar-refractivity contribution >= 4 is 27.7 Å². The van der Waals surface area contributed by atoms with Crippen LogP contribution in [0.4, 0.5) is 11.8 Å². The highest BCUT2D eigenvalue weighted by molar-refractivity contribution is 9.10. The molecule has 1 heterocycles. The minimum atomic E-state index is 0.388. The summed E-state index contributed by atoms with van der Waals surface area (Å²) in [6.45, 7) is 1.41. The fraction of sp³-hybridized carbons (Fsp3) is 0.667. The second-order valence-electron chi connectivity index (χ2n) is 4.59. The Morgan fingerprint density at radius 2 is 2.16 bits per heavy atom. The molecule has 0 unspecified atom stereocenters. The highest BCUT2D eigenvalue weighted by Gasteiger charge is 2.13. The van der Waals surface area contributed by atoms with Gasteiger partial charge in [0.15, 0.2) is 0 Å². The first-order valence-electron chi connectivity index (χ1n) is 6.64. The Morgan fingerprint density at radius 3 is 2.89 bits per heavy atom. The Kier molecular flexibility index (Phi) is 5.81. The van der Waals surface area contributed by atoms with E-state index in [4.69, 9.17) is 10.6 Å². The number of rotatable bonds is 6. The number of nitrogens with one attached hydrogen (secondary N) is 2. The molecule has 1 aromatic heterocycles. The van der Waals surface area contributed by atoms with Gasteiger partial charge >= 0.3 is 0 Å². The lowest BCUT2D eigenvalue weighted by Gasteiger charge is -2.22. The lowest BCUT2D eigenvalue weighted by molar-refractivity contribution is 0.0347. The van der Waals surface area contributed by atoms with Crippen molar-refractivity contribution in [3.8, 4) is 0 Å². The average Bonchev–Trinajstić information content (AvgIpc) is 2.46. The number of halogens is 1. The molecule has 0 spiro atoms. The normalized spacial score (nSPS) is 16.3. The summed E-state index contributed by atoms with van der Waals surface area (Å²) in [4.78, 5) is 8.21. The van der Waals surface area contributed by atoms with Gasteiger partial charge in [-0.3, -0.25) is 5.43 Å². The molecule has 0 bridgehead atoms. The Morgan fingerprint density at radius 1 is 1.37 bits per heavy atom. The van der Waals surface area contributed by atoms with Gasteiger partial charge in [0.2, 0.25) is 5.95 Å². The molecule has 0 radical (unpaired) electrons. The van der Waals surface area contributed by atoms with E-state index in [1.165, 1.54) is 32.1 Å². The zero-order valence-electron chi connectivity index (χ0n) is 10.9. The number of hydrogen-bond donors (Lipinski definition) is 3. The molecule has 1 aromatic rings. The Labute approximate surface area is 121 Å². The third-order valence-corrected chi connectivity index (χ3v) is 3.75. The molecule has 0 amide bonds. The van der Waals surface area contributed by atoms with Gasteiger partial charge in [0.1, 0.15) is 5.82 Å². The summed E-state index contributed by atoms with van der Waals surface area (Å²) in [5, 5.41) is 3.21. The Balaban J connectivity index is 1.72. The van der Waals surface area contributed by atoms with Gasteiger partial charge in [-0.1, -0.05) is 19.3 Å². The number of ether oxygens (including phenoxy) is 1. The van der Waals surface area contributed by atoms with Crippen LogP contribution in [0.1, 0.15) is 32.1 Å². The number of hydrogen-bond acceptors (Lipinski definition) is 6. The van der Waals surface area contributed by atoms with Crippen LogP contribution in [0.3, 0.4) is 0 Å². The third kappa shape index (κ3) is 4.59. The summed E-state index contributed by atoms with van der Waals surface area (Å²) >= 11 is 3.39. The van der Waals surface area contributed by atoms with E-state index in [2.05, 4.69) is 36.6 Å². The molecule has 0 aliphatic heterocycles. The predicted octanol–water partition coefficient (Wildman–Crippen LogP) is 2.29. The van der Waals surface area contributed by atoms with Crippen LogP contribution < -0.4 is 16.6 Å². The van der Waals surface area contributed by atoms with E-state index in [-0.39, 0.29) is 0 Å². The maximum atomic E-state index is 5.84. The molecule has 6 nitrogen and oxygen atoms in total. The van der Waals surface area contributed by atoms with Crippen LogP contribution in [0.15, 0.2) is 10.7 Å². The van der Waals surface area contributed by atoms with Gasteiger partial charge < -0.3 is 10.1 Å². The molecule has 19 heavy (non-hydrogen) atoms. The second-order valence-corrected chi connectivity index (χ2v) is 5.45. The molecule has 2 rings (SSSR count). The van der Waals surface area contributed by atoms with Gasteiger partial charge in [-0.05, 0) is 28.8 Å². The Hall–Kier alpha value is -0.920. The highest BCUT2D eigenvalue weighted by atomic mass is 79.9. The maximum Gasteiger partial charge on any atom is 0.239 e. The van der Waals surface area contributed by atoms with E-state index in [0.29, 0.717) is 18.7 Å². The molecule has 0 aromatic carbocycles. The number of anilines is 2. The maximum absolute atomic E-state index is 5.84. The number of nitrogens with zero attached hydrogens (tertiary/aromatic N) is 2. The molecule has 106 valence electrons. The lowest BCUT2D eigenvalue weighted by Crippen LogP contribution is -2.21. The first-order valence-corrected chi connectivity index (χ1v) is 7.43. The summed E-state index contributed by atoms with van der Waals surface area (Å²) in [5.41, 5.74) is 2.42. The largest absolute Gasteiger partial charge is 0.376 e. The lowest BCUT2D eigenvalue weighted by atomic mass is 9.98. The van der Waals surface area contributed by atoms with Crippen LogP contribution in [0.2, 0.25) is 0 Å². The molecule has 0 atom stereocenters. The van der Waals surface area contributed by atoms with Crippen molar-refractivity contribution < 1.29 is 4.74 Å². The van der Waals surface area contributed by atoms with Crippen LogP contribution in [0.5, 0.6) is 0 Å². The van der Waals surface area contributed by atoms with Crippen LogP contribution in [-0.2, 0) is 4.74 Å². The minimum absolute atomic E-state index is 0.388. The van der Waals surface area contributed by atoms with E-state index in [1.54, 1.807) is 6.20 Å². The molecule has 4 N–H and O–H groups in total. The zero-order chi connectivity index (χ0) is 13.5. The first kappa shape index (κ1) is 14.5. The van der Waals surface area contributed by atoms with Gasteiger partial charge in [-0.25, -0.2) is 10.8 Å². The van der Waals surface area contributed by atoms with Crippen LogP contribution in [-0.4, -0.2) is 29.2 Å². The van der Waals surface area contributed by atoms with Crippen molar-refractivity contribution in [3.63, 3.8) is 0 Å². The van der Waals surface area contributed by atoms with Crippen molar-refractivity contribution in [2.24, 2.45) is 5.84 Å². The standard InChI is InChI=1S/C12H20BrN5O/c13-10-8-16-12(18-14)17-11(10)15-6-7-19-9-4-2-1-3-5-9/h8-9H,1-7,14H2,(H2,15,16,17,18). The molecular formula is C12H20BrN5O. The van der Waals surface area contributed by atoms with Gasteiger partial charge in [-0.15, -0.1) is 0 Å². The number of nitrogens with two attached hydrogens (primary N) is 1. The molecule has 1 aliphatic carbocycles. The first-order chi connectivity index (χ1) is 9.29. The third-order valence-electron chi connectivity index (χ3n) is 3.17. The van der Waals surface area contributed by atoms with Crippen molar-refractivity contribution in [1.29, 1.82) is 0 Å². The van der Waals surface area contributed by atoms with E-state index >= 15 is 0 Å². The summed E-state index contributed by atoms with van der Waals surface area (Å²) in [6, 6.07) is 0. The summed E-state index contributed by atoms with van der Waals surface area (Å²) in [6.07, 6.45) is 8.41. The Bertz CT molecular complexity index is 398.